The van der Waals surface area contributed by atoms with Crippen LogP contribution in [0.5, 0.6) is 0 Å². The van der Waals surface area contributed by atoms with Crippen molar-refractivity contribution < 1.29 is 23.9 Å². The SMILES string of the molecule is COC1CCN(Cc2cc3c(nc2C=O)N(C(=O)Nc2cc(SC4CCOC4)c(C#N)cn2)CCC3)C1=O. The molecule has 5 rings (SSSR count). The first kappa shape index (κ1) is 26.1. The van der Waals surface area contributed by atoms with E-state index in [1.807, 2.05) is 6.07 Å². The van der Waals surface area contributed by atoms with Crippen LogP contribution >= 0.6 is 11.8 Å². The molecular formula is C26H28N6O5S. The lowest BCUT2D eigenvalue weighted by atomic mass is 10.0. The predicted molar refractivity (Wildman–Crippen MR) is 139 cm³/mol. The van der Waals surface area contributed by atoms with Crippen LogP contribution in [0.25, 0.3) is 0 Å². The number of amides is 3. The van der Waals surface area contributed by atoms with E-state index >= 15 is 0 Å². The zero-order chi connectivity index (χ0) is 26.6. The van der Waals surface area contributed by atoms with E-state index in [-0.39, 0.29) is 23.4 Å². The third-order valence-corrected chi connectivity index (χ3v) is 8.23. The minimum absolute atomic E-state index is 0.101. The fourth-order valence-corrected chi connectivity index (χ4v) is 6.07. The second kappa shape index (κ2) is 11.5. The molecule has 11 nitrogen and oxygen atoms in total. The number of nitriles is 1. The molecule has 0 saturated carbocycles. The Morgan fingerprint density at radius 3 is 2.95 bits per heavy atom. The van der Waals surface area contributed by atoms with Crippen molar-refractivity contribution >= 4 is 41.6 Å². The van der Waals surface area contributed by atoms with E-state index < -0.39 is 12.1 Å². The Bertz CT molecular complexity index is 1290. The number of hydrogen-bond donors (Lipinski definition) is 1. The molecule has 3 aliphatic rings. The fraction of sp³-hybridized carbons (Fsp3) is 0.462. The van der Waals surface area contributed by atoms with E-state index in [0.29, 0.717) is 68.2 Å². The molecule has 0 radical (unpaired) electrons. The normalized spacial score (nSPS) is 20.8. The van der Waals surface area contributed by atoms with Crippen LogP contribution in [0, 0.1) is 11.3 Å². The molecule has 2 saturated heterocycles. The maximum Gasteiger partial charge on any atom is 0.328 e. The number of pyridine rings is 2. The second-order valence-electron chi connectivity index (χ2n) is 9.37. The van der Waals surface area contributed by atoms with Crippen molar-refractivity contribution in [2.45, 2.75) is 48.5 Å². The molecule has 0 spiro atoms. The van der Waals surface area contributed by atoms with E-state index in [0.717, 1.165) is 23.3 Å². The van der Waals surface area contributed by atoms with E-state index in [2.05, 4.69) is 21.4 Å². The summed E-state index contributed by atoms with van der Waals surface area (Å²) in [5.41, 5.74) is 2.14. The smallest absolute Gasteiger partial charge is 0.328 e. The summed E-state index contributed by atoms with van der Waals surface area (Å²) in [6.45, 7) is 2.56. The van der Waals surface area contributed by atoms with Crippen LogP contribution in [0.2, 0.25) is 0 Å². The quantitative estimate of drug-likeness (QED) is 0.529. The van der Waals surface area contributed by atoms with Crippen LogP contribution in [0.15, 0.2) is 23.2 Å². The van der Waals surface area contributed by atoms with Crippen molar-refractivity contribution in [3.63, 3.8) is 0 Å². The summed E-state index contributed by atoms with van der Waals surface area (Å²) in [6, 6.07) is 5.32. The van der Waals surface area contributed by atoms with Crippen LogP contribution < -0.4 is 10.2 Å². The van der Waals surface area contributed by atoms with Crippen LogP contribution in [0.1, 0.15) is 46.4 Å². The molecule has 198 valence electrons. The van der Waals surface area contributed by atoms with Gasteiger partial charge in [0.1, 0.15) is 29.5 Å². The van der Waals surface area contributed by atoms with Gasteiger partial charge in [-0.05, 0) is 37.0 Å². The Morgan fingerprint density at radius 2 is 2.24 bits per heavy atom. The van der Waals surface area contributed by atoms with Gasteiger partial charge in [-0.3, -0.25) is 19.8 Å². The lowest BCUT2D eigenvalue weighted by molar-refractivity contribution is -0.136. The number of aldehydes is 1. The summed E-state index contributed by atoms with van der Waals surface area (Å²) in [5, 5.41) is 12.6. The molecule has 0 bridgehead atoms. The Hall–Kier alpha value is -3.53. The van der Waals surface area contributed by atoms with E-state index in [1.165, 1.54) is 18.2 Å². The van der Waals surface area contributed by atoms with Gasteiger partial charge in [0.05, 0.1) is 12.2 Å². The minimum Gasteiger partial charge on any atom is -0.380 e. The largest absolute Gasteiger partial charge is 0.380 e. The number of likely N-dealkylation sites (tertiary alicyclic amines) is 1. The van der Waals surface area contributed by atoms with Gasteiger partial charge in [-0.2, -0.15) is 5.26 Å². The molecule has 0 aromatic carbocycles. The summed E-state index contributed by atoms with van der Waals surface area (Å²) in [6.07, 6.45) is 4.59. The summed E-state index contributed by atoms with van der Waals surface area (Å²) in [4.78, 5) is 50.5. The molecule has 1 N–H and O–H groups in total. The highest BCUT2D eigenvalue weighted by molar-refractivity contribution is 8.00. The van der Waals surface area contributed by atoms with Gasteiger partial charge in [-0.1, -0.05) is 0 Å². The minimum atomic E-state index is -0.458. The first-order valence-corrected chi connectivity index (χ1v) is 13.4. The summed E-state index contributed by atoms with van der Waals surface area (Å²) in [7, 11) is 1.51. The number of aromatic nitrogens is 2. The number of carbonyl (C=O) groups is 3. The van der Waals surface area contributed by atoms with Crippen molar-refractivity contribution in [3.8, 4) is 6.07 Å². The number of nitrogens with zero attached hydrogens (tertiary/aromatic N) is 5. The summed E-state index contributed by atoms with van der Waals surface area (Å²) < 4.78 is 10.7. The standard InChI is InChI=1S/C26H28N6O5S/c1-36-21-4-7-31(25(21)34)13-17-9-16-3-2-6-32(24(16)29-20(17)14-33)26(35)30-23-10-22(18(11-27)12-28-23)38-19-5-8-37-15-19/h9-10,12,14,19,21H,2-8,13,15H2,1H3,(H,28,30,35). The number of rotatable bonds is 7. The van der Waals surface area contributed by atoms with Crippen molar-refractivity contribution in [1.29, 1.82) is 5.26 Å². The Balaban J connectivity index is 1.34. The first-order chi connectivity index (χ1) is 18.5. The molecule has 38 heavy (non-hydrogen) atoms. The molecule has 2 aromatic heterocycles. The lowest BCUT2D eigenvalue weighted by Gasteiger charge is -2.29. The number of nitrogens with one attached hydrogen (secondary N) is 1. The van der Waals surface area contributed by atoms with E-state index in [1.54, 1.807) is 22.7 Å². The van der Waals surface area contributed by atoms with Gasteiger partial charge in [-0.25, -0.2) is 14.8 Å². The highest BCUT2D eigenvalue weighted by Gasteiger charge is 2.33. The molecule has 2 aromatic rings. The van der Waals surface area contributed by atoms with Gasteiger partial charge >= 0.3 is 6.03 Å². The number of fused-ring (bicyclic) bond motifs is 1. The number of anilines is 2. The number of aryl methyl sites for hydroxylation is 1. The van der Waals surface area contributed by atoms with Crippen LogP contribution in [0.3, 0.4) is 0 Å². The number of ether oxygens (including phenoxy) is 2. The molecule has 2 fully saturated rings. The number of thioether (sulfide) groups is 1. The molecule has 12 heteroatoms. The molecular weight excluding hydrogens is 508 g/mol. The van der Waals surface area contributed by atoms with E-state index in [9.17, 15) is 19.6 Å². The Morgan fingerprint density at radius 1 is 1.37 bits per heavy atom. The van der Waals surface area contributed by atoms with Crippen molar-refractivity contribution in [2.75, 3.05) is 43.6 Å². The van der Waals surface area contributed by atoms with Gasteiger partial charge in [0, 0.05) is 61.7 Å². The maximum atomic E-state index is 13.3. The molecule has 3 amide bonds. The highest BCUT2D eigenvalue weighted by atomic mass is 32.2. The highest BCUT2D eigenvalue weighted by Crippen LogP contribution is 2.33. The molecule has 2 atom stereocenters. The Labute approximate surface area is 224 Å². The third kappa shape index (κ3) is 5.36. The Kier molecular flexibility index (Phi) is 7.87. The predicted octanol–water partition coefficient (Wildman–Crippen LogP) is 2.77. The van der Waals surface area contributed by atoms with Gasteiger partial charge in [0.25, 0.3) is 5.91 Å². The third-order valence-electron chi connectivity index (χ3n) is 6.93. The van der Waals surface area contributed by atoms with E-state index in [4.69, 9.17) is 9.47 Å². The summed E-state index contributed by atoms with van der Waals surface area (Å²) in [5.74, 6) is 0.652. The number of methoxy groups -OCH3 is 1. The van der Waals surface area contributed by atoms with Gasteiger partial charge < -0.3 is 14.4 Å². The fourth-order valence-electron chi connectivity index (χ4n) is 4.92. The first-order valence-electron chi connectivity index (χ1n) is 12.5. The average Bonchev–Trinajstić information content (AvgIpc) is 3.57. The van der Waals surface area contributed by atoms with Gasteiger partial charge in [0.2, 0.25) is 0 Å². The number of urea groups is 1. The molecule has 0 aliphatic carbocycles. The maximum absolute atomic E-state index is 13.3. The van der Waals surface area contributed by atoms with Crippen molar-refractivity contribution in [1.82, 2.24) is 14.9 Å². The number of hydrogen-bond acceptors (Lipinski definition) is 9. The topological polar surface area (TPSA) is 138 Å². The average molecular weight is 537 g/mol. The van der Waals surface area contributed by atoms with Gasteiger partial charge in [0.15, 0.2) is 6.29 Å². The van der Waals surface area contributed by atoms with Crippen molar-refractivity contribution in [3.05, 3.63) is 40.7 Å². The van der Waals surface area contributed by atoms with Crippen LogP contribution in [-0.2, 0) is 27.2 Å². The monoisotopic (exact) mass is 536 g/mol. The second-order valence-corrected chi connectivity index (χ2v) is 10.7. The lowest BCUT2D eigenvalue weighted by Crippen LogP contribution is -2.40. The molecule has 2 unspecified atom stereocenters. The molecule has 5 heterocycles. The van der Waals surface area contributed by atoms with Crippen LogP contribution in [0.4, 0.5) is 16.4 Å². The molecule has 3 aliphatic heterocycles. The van der Waals surface area contributed by atoms with Crippen molar-refractivity contribution in [2.24, 2.45) is 0 Å². The van der Waals surface area contributed by atoms with Crippen LogP contribution in [-0.4, -0.2) is 77.9 Å². The number of carbonyl (C=O) groups excluding carboxylic acids is 3. The van der Waals surface area contributed by atoms with Gasteiger partial charge in [-0.15, -0.1) is 11.8 Å². The zero-order valence-corrected chi connectivity index (χ0v) is 21.8. The zero-order valence-electron chi connectivity index (χ0n) is 21.0. The summed E-state index contributed by atoms with van der Waals surface area (Å²) >= 11 is 1.55.